The number of aryl methyl sites for hydroxylation is 1. The van der Waals surface area contributed by atoms with Crippen molar-refractivity contribution < 1.29 is 17.9 Å². The van der Waals surface area contributed by atoms with E-state index in [2.05, 4.69) is 5.32 Å². The Morgan fingerprint density at radius 3 is 2.42 bits per heavy atom. The molecule has 0 unspecified atom stereocenters. The summed E-state index contributed by atoms with van der Waals surface area (Å²) in [5, 5.41) is 2.84. The second-order valence-corrected chi connectivity index (χ2v) is 7.56. The van der Waals surface area contributed by atoms with Crippen molar-refractivity contribution in [3.05, 3.63) is 59.7 Å². The zero-order valence-corrected chi connectivity index (χ0v) is 14.6. The standard InChI is InChI=1S/C18H21NO4S/c1-23-16-5-3-4-14(12-16)8-11-18(20)19-13-15-6-9-17(10-7-15)24(2,21)22/h3-7,9-10,12H,8,11,13H2,1-2H3,(H,19,20). The van der Waals surface area contributed by atoms with Crippen LogP contribution in [-0.4, -0.2) is 27.7 Å². The van der Waals surface area contributed by atoms with E-state index in [-0.39, 0.29) is 10.8 Å². The van der Waals surface area contributed by atoms with Gasteiger partial charge in [0, 0.05) is 19.2 Å². The van der Waals surface area contributed by atoms with Crippen LogP contribution in [0.1, 0.15) is 17.5 Å². The van der Waals surface area contributed by atoms with Gasteiger partial charge in [-0.1, -0.05) is 24.3 Å². The Kier molecular flexibility index (Phi) is 5.98. The third kappa shape index (κ3) is 5.38. The molecule has 0 radical (unpaired) electrons. The highest BCUT2D eigenvalue weighted by atomic mass is 32.2. The Labute approximate surface area is 142 Å². The number of benzene rings is 2. The molecule has 128 valence electrons. The van der Waals surface area contributed by atoms with Crippen LogP contribution in [0.3, 0.4) is 0 Å². The minimum atomic E-state index is -3.19. The number of hydrogen-bond donors (Lipinski definition) is 1. The summed E-state index contributed by atoms with van der Waals surface area (Å²) >= 11 is 0. The molecule has 0 heterocycles. The second kappa shape index (κ2) is 7.97. The number of carbonyl (C=O) groups is 1. The van der Waals surface area contributed by atoms with Gasteiger partial charge in [-0.25, -0.2) is 8.42 Å². The zero-order valence-electron chi connectivity index (χ0n) is 13.8. The molecule has 5 nitrogen and oxygen atoms in total. The first-order valence-corrected chi connectivity index (χ1v) is 9.46. The summed E-state index contributed by atoms with van der Waals surface area (Å²) in [6.07, 6.45) is 2.19. The minimum absolute atomic E-state index is 0.0509. The number of hydrogen-bond acceptors (Lipinski definition) is 4. The molecule has 24 heavy (non-hydrogen) atoms. The first-order valence-electron chi connectivity index (χ1n) is 7.57. The molecule has 0 bridgehead atoms. The Morgan fingerprint density at radius 1 is 1.08 bits per heavy atom. The van der Waals surface area contributed by atoms with Crippen molar-refractivity contribution in [2.24, 2.45) is 0 Å². The summed E-state index contributed by atoms with van der Waals surface area (Å²) < 4.78 is 28.0. The highest BCUT2D eigenvalue weighted by Crippen LogP contribution is 2.14. The van der Waals surface area contributed by atoms with E-state index in [0.717, 1.165) is 16.9 Å². The lowest BCUT2D eigenvalue weighted by atomic mass is 10.1. The van der Waals surface area contributed by atoms with Gasteiger partial charge in [0.05, 0.1) is 12.0 Å². The van der Waals surface area contributed by atoms with Crippen LogP contribution in [-0.2, 0) is 27.6 Å². The van der Waals surface area contributed by atoms with Crippen LogP contribution < -0.4 is 10.1 Å². The summed E-state index contributed by atoms with van der Waals surface area (Å²) in [7, 11) is -1.58. The third-order valence-electron chi connectivity index (χ3n) is 3.62. The maximum atomic E-state index is 11.9. The molecule has 6 heteroatoms. The molecule has 0 aliphatic rings. The molecule has 1 N–H and O–H groups in total. The quantitative estimate of drug-likeness (QED) is 0.834. The fourth-order valence-electron chi connectivity index (χ4n) is 2.23. The summed E-state index contributed by atoms with van der Waals surface area (Å²) in [5.74, 6) is 0.726. The average Bonchev–Trinajstić information content (AvgIpc) is 2.58. The van der Waals surface area contributed by atoms with Crippen molar-refractivity contribution in [2.45, 2.75) is 24.3 Å². The minimum Gasteiger partial charge on any atom is -0.497 e. The van der Waals surface area contributed by atoms with Crippen molar-refractivity contribution in [3.8, 4) is 5.75 Å². The predicted molar refractivity (Wildman–Crippen MR) is 92.7 cm³/mol. The fourth-order valence-corrected chi connectivity index (χ4v) is 2.86. The number of nitrogens with one attached hydrogen (secondary N) is 1. The van der Waals surface area contributed by atoms with Gasteiger partial charge in [-0.3, -0.25) is 4.79 Å². The molecular formula is C18H21NO4S. The van der Waals surface area contributed by atoms with E-state index in [1.807, 2.05) is 24.3 Å². The van der Waals surface area contributed by atoms with Crippen LogP contribution in [0.5, 0.6) is 5.75 Å². The smallest absolute Gasteiger partial charge is 0.220 e. The molecule has 0 atom stereocenters. The van der Waals surface area contributed by atoms with E-state index in [4.69, 9.17) is 4.74 Å². The van der Waals surface area contributed by atoms with E-state index >= 15 is 0 Å². The number of ether oxygens (including phenoxy) is 1. The first-order chi connectivity index (χ1) is 11.4. The second-order valence-electron chi connectivity index (χ2n) is 5.54. The molecule has 0 spiro atoms. The number of carbonyl (C=O) groups excluding carboxylic acids is 1. The average molecular weight is 347 g/mol. The molecule has 0 aliphatic heterocycles. The summed E-state index contributed by atoms with van der Waals surface area (Å²) in [5.41, 5.74) is 1.90. The van der Waals surface area contributed by atoms with Gasteiger partial charge in [-0.05, 0) is 41.8 Å². The fraction of sp³-hybridized carbons (Fsp3) is 0.278. The van der Waals surface area contributed by atoms with Crippen molar-refractivity contribution >= 4 is 15.7 Å². The lowest BCUT2D eigenvalue weighted by Crippen LogP contribution is -2.23. The number of amides is 1. The molecule has 0 fully saturated rings. The lowest BCUT2D eigenvalue weighted by Gasteiger charge is -2.07. The zero-order chi connectivity index (χ0) is 17.6. The Bertz CT molecular complexity index is 798. The highest BCUT2D eigenvalue weighted by Gasteiger charge is 2.07. The van der Waals surface area contributed by atoms with Gasteiger partial charge in [0.15, 0.2) is 9.84 Å². The van der Waals surface area contributed by atoms with E-state index in [9.17, 15) is 13.2 Å². The van der Waals surface area contributed by atoms with Gasteiger partial charge in [0.25, 0.3) is 0 Å². The van der Waals surface area contributed by atoms with Crippen molar-refractivity contribution in [3.63, 3.8) is 0 Å². The molecule has 0 saturated heterocycles. The van der Waals surface area contributed by atoms with Gasteiger partial charge < -0.3 is 10.1 Å². The van der Waals surface area contributed by atoms with Crippen molar-refractivity contribution in [1.29, 1.82) is 0 Å². The Morgan fingerprint density at radius 2 is 1.79 bits per heavy atom. The van der Waals surface area contributed by atoms with Gasteiger partial charge in [-0.2, -0.15) is 0 Å². The Hall–Kier alpha value is -2.34. The highest BCUT2D eigenvalue weighted by molar-refractivity contribution is 7.90. The van der Waals surface area contributed by atoms with E-state index in [1.165, 1.54) is 6.26 Å². The molecule has 2 aromatic carbocycles. The third-order valence-corrected chi connectivity index (χ3v) is 4.74. The largest absolute Gasteiger partial charge is 0.497 e. The van der Waals surface area contributed by atoms with Gasteiger partial charge in [0.2, 0.25) is 5.91 Å². The van der Waals surface area contributed by atoms with Gasteiger partial charge in [-0.15, -0.1) is 0 Å². The van der Waals surface area contributed by atoms with Crippen molar-refractivity contribution in [2.75, 3.05) is 13.4 Å². The number of sulfone groups is 1. The normalized spacial score (nSPS) is 11.1. The Balaban J connectivity index is 1.82. The van der Waals surface area contributed by atoms with Crippen LogP contribution in [0.2, 0.25) is 0 Å². The van der Waals surface area contributed by atoms with Crippen LogP contribution in [0, 0.1) is 0 Å². The maximum absolute atomic E-state index is 11.9. The van der Waals surface area contributed by atoms with Gasteiger partial charge >= 0.3 is 0 Å². The predicted octanol–water partition coefficient (Wildman–Crippen LogP) is 2.35. The van der Waals surface area contributed by atoms with Crippen LogP contribution in [0.15, 0.2) is 53.4 Å². The molecule has 0 aliphatic carbocycles. The van der Waals surface area contributed by atoms with Crippen LogP contribution in [0.25, 0.3) is 0 Å². The monoisotopic (exact) mass is 347 g/mol. The van der Waals surface area contributed by atoms with Gasteiger partial charge in [0.1, 0.15) is 5.75 Å². The molecule has 0 saturated carbocycles. The maximum Gasteiger partial charge on any atom is 0.220 e. The molecule has 2 aromatic rings. The summed E-state index contributed by atoms with van der Waals surface area (Å²) in [6.45, 7) is 0.376. The van der Waals surface area contributed by atoms with Crippen LogP contribution >= 0.6 is 0 Å². The first kappa shape index (κ1) is 18.0. The number of rotatable bonds is 7. The molecule has 0 aromatic heterocycles. The topological polar surface area (TPSA) is 72.5 Å². The van der Waals surface area contributed by atoms with Crippen LogP contribution in [0.4, 0.5) is 0 Å². The molecule has 1 amide bonds. The van der Waals surface area contributed by atoms with E-state index in [0.29, 0.717) is 19.4 Å². The lowest BCUT2D eigenvalue weighted by molar-refractivity contribution is -0.121. The molecular weight excluding hydrogens is 326 g/mol. The summed E-state index contributed by atoms with van der Waals surface area (Å²) in [4.78, 5) is 12.2. The molecule has 2 rings (SSSR count). The van der Waals surface area contributed by atoms with E-state index in [1.54, 1.807) is 31.4 Å². The SMILES string of the molecule is COc1cccc(CCC(=O)NCc2ccc(S(C)(=O)=O)cc2)c1. The number of methoxy groups -OCH3 is 1. The van der Waals surface area contributed by atoms with E-state index < -0.39 is 9.84 Å². The summed E-state index contributed by atoms with van der Waals surface area (Å²) in [6, 6.07) is 14.1. The van der Waals surface area contributed by atoms with Crippen molar-refractivity contribution in [1.82, 2.24) is 5.32 Å².